The van der Waals surface area contributed by atoms with Gasteiger partial charge in [0, 0.05) is 16.8 Å². The molecule has 0 fully saturated rings. The molecule has 0 amide bonds. The second-order valence-electron chi connectivity index (χ2n) is 3.64. The summed E-state index contributed by atoms with van der Waals surface area (Å²) in [5.41, 5.74) is 4.89. The molecule has 0 unspecified atom stereocenters. The van der Waals surface area contributed by atoms with Gasteiger partial charge in [-0.3, -0.25) is 0 Å². The van der Waals surface area contributed by atoms with Crippen LogP contribution in [0.3, 0.4) is 0 Å². The quantitative estimate of drug-likeness (QED) is 0.831. The Kier molecular flexibility index (Phi) is 3.91. The van der Waals surface area contributed by atoms with Crippen molar-refractivity contribution in [1.82, 2.24) is 4.98 Å². The highest BCUT2D eigenvalue weighted by atomic mass is 35.5. The molecular weight excluding hydrogens is 297 g/mol. The van der Waals surface area contributed by atoms with E-state index in [9.17, 15) is 13.2 Å². The highest BCUT2D eigenvalue weighted by Gasteiger charge is 2.30. The van der Waals surface area contributed by atoms with Gasteiger partial charge in [-0.15, -0.1) is 0 Å². The fourth-order valence-electron chi connectivity index (χ4n) is 1.37. The third-order valence-corrected chi connectivity index (χ3v) is 3.80. The first kappa shape index (κ1) is 14.0. The molecule has 1 aromatic carbocycles. The topological polar surface area (TPSA) is 38.9 Å². The Hall–Kier alpha value is -1.40. The molecule has 100 valence electrons. The number of pyridine rings is 1. The maximum absolute atomic E-state index is 12.5. The number of benzene rings is 1. The molecule has 0 aliphatic heterocycles. The minimum Gasteiger partial charge on any atom is -0.398 e. The molecular formula is C12H8ClF3N2S. The second kappa shape index (κ2) is 5.30. The zero-order valence-electron chi connectivity index (χ0n) is 9.41. The molecule has 0 saturated carbocycles. The van der Waals surface area contributed by atoms with Crippen molar-refractivity contribution in [2.75, 3.05) is 5.73 Å². The van der Waals surface area contributed by atoms with Gasteiger partial charge in [-0.2, -0.15) is 13.2 Å². The number of nitrogens with zero attached hydrogens (tertiary/aromatic N) is 1. The van der Waals surface area contributed by atoms with E-state index in [4.69, 9.17) is 17.3 Å². The van der Waals surface area contributed by atoms with Crippen LogP contribution in [0.25, 0.3) is 0 Å². The molecule has 0 aliphatic carbocycles. The van der Waals surface area contributed by atoms with Crippen LogP contribution in [-0.2, 0) is 6.18 Å². The van der Waals surface area contributed by atoms with Crippen molar-refractivity contribution >= 4 is 29.1 Å². The van der Waals surface area contributed by atoms with Crippen LogP contribution in [0.15, 0.2) is 46.5 Å². The average Bonchev–Trinajstić information content (AvgIpc) is 2.33. The molecule has 7 heteroatoms. The summed E-state index contributed by atoms with van der Waals surface area (Å²) in [6.07, 6.45) is -2.85. The number of alkyl halides is 3. The molecule has 0 aliphatic rings. The SMILES string of the molecule is Nc1cc(C(F)(F)F)ccc1Sc1ncccc1Cl. The number of aromatic nitrogens is 1. The number of hydrogen-bond donors (Lipinski definition) is 1. The van der Waals surface area contributed by atoms with Crippen molar-refractivity contribution < 1.29 is 13.2 Å². The van der Waals surface area contributed by atoms with E-state index in [1.807, 2.05) is 0 Å². The van der Waals surface area contributed by atoms with Gasteiger partial charge in [0.15, 0.2) is 0 Å². The van der Waals surface area contributed by atoms with Crippen molar-refractivity contribution in [2.45, 2.75) is 16.1 Å². The maximum atomic E-state index is 12.5. The van der Waals surface area contributed by atoms with Crippen LogP contribution in [0.4, 0.5) is 18.9 Å². The van der Waals surface area contributed by atoms with Gasteiger partial charge in [0.25, 0.3) is 0 Å². The molecule has 0 spiro atoms. The lowest BCUT2D eigenvalue weighted by molar-refractivity contribution is -0.137. The van der Waals surface area contributed by atoms with Crippen LogP contribution in [-0.4, -0.2) is 4.98 Å². The molecule has 0 radical (unpaired) electrons. The summed E-state index contributed by atoms with van der Waals surface area (Å²) in [7, 11) is 0. The van der Waals surface area contributed by atoms with Gasteiger partial charge in [0.1, 0.15) is 5.03 Å². The standard InChI is InChI=1S/C12H8ClF3N2S/c13-8-2-1-5-18-11(8)19-10-4-3-7(6-9(10)17)12(14,15)16/h1-6H,17H2. The van der Waals surface area contributed by atoms with Gasteiger partial charge in [0.05, 0.1) is 10.6 Å². The van der Waals surface area contributed by atoms with E-state index < -0.39 is 11.7 Å². The van der Waals surface area contributed by atoms with Crippen molar-refractivity contribution in [3.05, 3.63) is 47.1 Å². The second-order valence-corrected chi connectivity index (χ2v) is 5.08. The molecule has 19 heavy (non-hydrogen) atoms. The maximum Gasteiger partial charge on any atom is 0.416 e. The van der Waals surface area contributed by atoms with Crippen LogP contribution in [0.1, 0.15) is 5.56 Å². The smallest absolute Gasteiger partial charge is 0.398 e. The average molecular weight is 305 g/mol. The van der Waals surface area contributed by atoms with Crippen LogP contribution in [0.5, 0.6) is 0 Å². The zero-order valence-corrected chi connectivity index (χ0v) is 11.0. The number of nitrogens with two attached hydrogens (primary N) is 1. The van der Waals surface area contributed by atoms with E-state index in [0.29, 0.717) is 14.9 Å². The van der Waals surface area contributed by atoms with Crippen LogP contribution < -0.4 is 5.73 Å². The number of anilines is 1. The summed E-state index contributed by atoms with van der Waals surface area (Å²) < 4.78 is 37.5. The zero-order chi connectivity index (χ0) is 14.0. The summed E-state index contributed by atoms with van der Waals surface area (Å²) in [4.78, 5) is 4.52. The Morgan fingerprint density at radius 3 is 2.53 bits per heavy atom. The molecule has 2 rings (SSSR count). The highest BCUT2D eigenvalue weighted by molar-refractivity contribution is 7.99. The summed E-state index contributed by atoms with van der Waals surface area (Å²) in [6, 6.07) is 6.52. The molecule has 2 N–H and O–H groups in total. The van der Waals surface area contributed by atoms with Crippen molar-refractivity contribution in [1.29, 1.82) is 0 Å². The fourth-order valence-corrected chi connectivity index (χ4v) is 2.41. The summed E-state index contributed by atoms with van der Waals surface area (Å²) >= 11 is 7.05. The van der Waals surface area contributed by atoms with Gasteiger partial charge >= 0.3 is 6.18 Å². The summed E-state index contributed by atoms with van der Waals surface area (Å²) in [6.45, 7) is 0. The Morgan fingerprint density at radius 1 is 1.21 bits per heavy atom. The van der Waals surface area contributed by atoms with Crippen molar-refractivity contribution in [3.63, 3.8) is 0 Å². The van der Waals surface area contributed by atoms with E-state index in [0.717, 1.165) is 23.9 Å². The van der Waals surface area contributed by atoms with E-state index in [1.165, 1.54) is 6.07 Å². The van der Waals surface area contributed by atoms with E-state index in [2.05, 4.69) is 4.98 Å². The van der Waals surface area contributed by atoms with Crippen LogP contribution in [0.2, 0.25) is 5.02 Å². The molecule has 2 nitrogen and oxygen atoms in total. The fraction of sp³-hybridized carbons (Fsp3) is 0.0833. The predicted octanol–water partition coefficient (Wildman–Crippen LogP) is 4.49. The van der Waals surface area contributed by atoms with Crippen LogP contribution in [0, 0.1) is 0 Å². The van der Waals surface area contributed by atoms with Gasteiger partial charge in [0.2, 0.25) is 0 Å². The molecule has 0 bridgehead atoms. The first-order valence-corrected chi connectivity index (χ1v) is 6.32. The first-order valence-electron chi connectivity index (χ1n) is 5.13. The van der Waals surface area contributed by atoms with Crippen LogP contribution >= 0.6 is 23.4 Å². The van der Waals surface area contributed by atoms with Gasteiger partial charge in [-0.25, -0.2) is 4.98 Å². The lowest BCUT2D eigenvalue weighted by Gasteiger charge is -2.10. The molecule has 1 aromatic heterocycles. The lowest BCUT2D eigenvalue weighted by Crippen LogP contribution is -2.05. The largest absolute Gasteiger partial charge is 0.416 e. The molecule has 0 atom stereocenters. The number of hydrogen-bond acceptors (Lipinski definition) is 3. The molecule has 2 aromatic rings. The summed E-state index contributed by atoms with van der Waals surface area (Å²) in [5, 5.41) is 0.919. The molecule has 1 heterocycles. The van der Waals surface area contributed by atoms with Gasteiger partial charge < -0.3 is 5.73 Å². The third kappa shape index (κ3) is 3.33. The Morgan fingerprint density at radius 2 is 1.95 bits per heavy atom. The normalized spacial score (nSPS) is 11.6. The number of halogens is 4. The van der Waals surface area contributed by atoms with Gasteiger partial charge in [-0.1, -0.05) is 23.4 Å². The minimum atomic E-state index is -4.40. The van der Waals surface area contributed by atoms with Crippen molar-refractivity contribution in [2.24, 2.45) is 0 Å². The monoisotopic (exact) mass is 304 g/mol. The molecule has 0 saturated heterocycles. The first-order chi connectivity index (χ1) is 8.88. The minimum absolute atomic E-state index is 0.0431. The Balaban J connectivity index is 2.30. The lowest BCUT2D eigenvalue weighted by atomic mass is 10.2. The number of rotatable bonds is 2. The van der Waals surface area contributed by atoms with E-state index >= 15 is 0 Å². The van der Waals surface area contributed by atoms with Gasteiger partial charge in [-0.05, 0) is 30.3 Å². The third-order valence-electron chi connectivity index (χ3n) is 2.27. The van der Waals surface area contributed by atoms with E-state index in [-0.39, 0.29) is 5.69 Å². The van der Waals surface area contributed by atoms with Crippen molar-refractivity contribution in [3.8, 4) is 0 Å². The Labute approximate surface area is 116 Å². The van der Waals surface area contributed by atoms with E-state index in [1.54, 1.807) is 18.3 Å². The predicted molar refractivity (Wildman–Crippen MR) is 69.2 cm³/mol. The Bertz CT molecular complexity index is 602. The number of nitrogen functional groups attached to an aromatic ring is 1. The highest BCUT2D eigenvalue weighted by Crippen LogP contribution is 2.38. The summed E-state index contributed by atoms with van der Waals surface area (Å²) in [5.74, 6) is 0.